The molecule has 2 aromatic carbocycles. The van der Waals surface area contributed by atoms with Gasteiger partial charge in [-0.05, 0) is 112 Å². The number of ether oxygens (including phenoxy) is 2. The van der Waals surface area contributed by atoms with Gasteiger partial charge in [-0.2, -0.15) is 0 Å². The molecule has 4 heterocycles. The normalized spacial score (nSPS) is 26.6. The van der Waals surface area contributed by atoms with Crippen LogP contribution in [0, 0.1) is 17.7 Å². The molecule has 1 amide bonds. The zero-order chi connectivity index (χ0) is 33.5. The first kappa shape index (κ1) is 33.7. The van der Waals surface area contributed by atoms with Crippen LogP contribution in [0.3, 0.4) is 0 Å². The van der Waals surface area contributed by atoms with E-state index in [1.807, 2.05) is 18.2 Å². The number of nitrogens with zero attached hydrogens (tertiary/aromatic N) is 3. The molecule has 2 aromatic rings. The summed E-state index contributed by atoms with van der Waals surface area (Å²) in [6.07, 6.45) is 5.46. The summed E-state index contributed by atoms with van der Waals surface area (Å²) in [5.74, 6) is 0.216. The van der Waals surface area contributed by atoms with Crippen molar-refractivity contribution in [2.75, 3.05) is 77.6 Å². The van der Waals surface area contributed by atoms with Crippen LogP contribution in [0.4, 0.5) is 14.9 Å². The van der Waals surface area contributed by atoms with Gasteiger partial charge in [-0.3, -0.25) is 0 Å². The van der Waals surface area contributed by atoms with Crippen LogP contribution in [0.5, 0.6) is 0 Å². The van der Waals surface area contributed by atoms with E-state index >= 15 is 0 Å². The maximum absolute atomic E-state index is 14.9. The number of amides is 1. The molecule has 5 aliphatic rings. The van der Waals surface area contributed by atoms with E-state index in [0.29, 0.717) is 24.5 Å². The highest BCUT2D eigenvalue weighted by Gasteiger charge is 2.53. The molecular weight excluding hydrogens is 635 g/mol. The summed E-state index contributed by atoms with van der Waals surface area (Å²) in [5.41, 5.74) is 0.759. The highest BCUT2D eigenvalue weighted by Crippen LogP contribution is 2.51. The molecule has 4 aliphatic heterocycles. The van der Waals surface area contributed by atoms with Crippen LogP contribution in [0.25, 0.3) is 0 Å². The van der Waals surface area contributed by atoms with E-state index in [2.05, 4.69) is 26.1 Å². The summed E-state index contributed by atoms with van der Waals surface area (Å²) in [7, 11) is -1.97. The monoisotopic (exact) mass is 684 g/mol. The summed E-state index contributed by atoms with van der Waals surface area (Å²) in [5, 5.41) is 14.2. The number of anilines is 1. The molecule has 1 aliphatic carbocycles. The van der Waals surface area contributed by atoms with E-state index < -0.39 is 26.8 Å². The van der Waals surface area contributed by atoms with Gasteiger partial charge in [0.25, 0.3) is 0 Å². The number of carbonyl (C=O) groups excluding carboxylic acids is 1. The average Bonchev–Trinajstić information content (AvgIpc) is 3.47. The number of piperidine rings is 1. The van der Waals surface area contributed by atoms with Gasteiger partial charge < -0.3 is 34.6 Å². The number of hydrogen-bond donors (Lipinski definition) is 2. The van der Waals surface area contributed by atoms with Gasteiger partial charge in [-0.15, -0.1) is 0 Å². The lowest BCUT2D eigenvalue weighted by atomic mass is 9.57. The molecule has 0 bridgehead atoms. The highest BCUT2D eigenvalue weighted by atomic mass is 32.2. The fourth-order valence-electron chi connectivity index (χ4n) is 9.14. The Labute approximate surface area is 283 Å². The van der Waals surface area contributed by atoms with Crippen molar-refractivity contribution in [3.05, 3.63) is 59.9 Å². The standard InChI is InChI=1S/C36H49FN4O6S/c1-46-34(42)38-33-8-3-7-32(33)36(25-39-15-4-16-39,27-5-2-6-28(37)19-27)26-13-17-40(18-14-26)22-35(43)23-41(24-35)29-9-11-30(12-10-29)48(44,45)31-20-47-21-31/h2,5-6,9-12,19,26,31-33,43H,3-4,7-8,13-18,20-25H2,1H3,(H,38,42)/t32-,33-,36-/m0/s1. The van der Waals surface area contributed by atoms with Crippen molar-refractivity contribution in [3.8, 4) is 0 Å². The van der Waals surface area contributed by atoms with E-state index in [-0.39, 0.29) is 42.3 Å². The van der Waals surface area contributed by atoms with Crippen LogP contribution in [-0.4, -0.2) is 119 Å². The molecule has 48 heavy (non-hydrogen) atoms. The smallest absolute Gasteiger partial charge is 0.407 e. The number of sulfone groups is 1. The van der Waals surface area contributed by atoms with E-state index in [0.717, 1.165) is 76.1 Å². The number of rotatable bonds is 11. The van der Waals surface area contributed by atoms with Crippen molar-refractivity contribution in [1.82, 2.24) is 15.1 Å². The van der Waals surface area contributed by atoms with Crippen LogP contribution < -0.4 is 10.2 Å². The second-order valence-electron chi connectivity index (χ2n) is 14.8. The molecule has 0 spiro atoms. The maximum atomic E-state index is 14.9. The molecule has 2 N–H and O–H groups in total. The Hall–Kier alpha value is -2.77. The molecule has 0 aromatic heterocycles. The lowest BCUT2D eigenvalue weighted by molar-refractivity contribution is -0.0362. The zero-order valence-electron chi connectivity index (χ0n) is 27.9. The topological polar surface area (TPSA) is 112 Å². The first-order valence-corrected chi connectivity index (χ1v) is 19.1. The molecule has 10 nitrogen and oxygen atoms in total. The van der Waals surface area contributed by atoms with Gasteiger partial charge in [-0.1, -0.05) is 18.6 Å². The number of β-amino-alcohol motifs (C(OH)–C–C–N with tert-alkyl or cyclic N) is 1. The molecule has 0 radical (unpaired) electrons. The predicted octanol–water partition coefficient (Wildman–Crippen LogP) is 3.43. The number of aliphatic hydroxyl groups is 1. The largest absolute Gasteiger partial charge is 0.453 e. The zero-order valence-corrected chi connectivity index (χ0v) is 28.7. The molecule has 262 valence electrons. The minimum absolute atomic E-state index is 0.0388. The van der Waals surface area contributed by atoms with Gasteiger partial charge in [0.1, 0.15) is 16.7 Å². The van der Waals surface area contributed by atoms with Crippen molar-refractivity contribution < 1.29 is 32.2 Å². The third-order valence-corrected chi connectivity index (χ3v) is 13.9. The van der Waals surface area contributed by atoms with Gasteiger partial charge in [0.05, 0.1) is 25.2 Å². The summed E-state index contributed by atoms with van der Waals surface area (Å²) in [6.45, 7) is 6.63. The number of alkyl carbamates (subject to hydrolysis) is 1. The number of hydrogen-bond acceptors (Lipinski definition) is 9. The average molecular weight is 685 g/mol. The van der Waals surface area contributed by atoms with E-state index in [1.165, 1.54) is 19.6 Å². The number of carbonyl (C=O) groups is 1. The summed E-state index contributed by atoms with van der Waals surface area (Å²) < 4.78 is 50.5. The van der Waals surface area contributed by atoms with Crippen LogP contribution in [-0.2, 0) is 24.7 Å². The Kier molecular flexibility index (Phi) is 9.49. The van der Waals surface area contributed by atoms with Gasteiger partial charge in [0.15, 0.2) is 9.84 Å². The van der Waals surface area contributed by atoms with Crippen LogP contribution in [0.15, 0.2) is 53.4 Å². The van der Waals surface area contributed by atoms with Crippen molar-refractivity contribution in [2.45, 2.75) is 65.7 Å². The summed E-state index contributed by atoms with van der Waals surface area (Å²) in [4.78, 5) is 19.7. The van der Waals surface area contributed by atoms with E-state index in [9.17, 15) is 22.7 Å². The molecule has 3 atom stereocenters. The Morgan fingerprint density at radius 1 is 1.02 bits per heavy atom. The lowest BCUT2D eigenvalue weighted by Gasteiger charge is -2.55. The second-order valence-corrected chi connectivity index (χ2v) is 17.0. The Balaban J connectivity index is 1.04. The number of nitrogens with one attached hydrogen (secondary N) is 1. The van der Waals surface area contributed by atoms with Crippen molar-refractivity contribution in [1.29, 1.82) is 0 Å². The van der Waals surface area contributed by atoms with Gasteiger partial charge >= 0.3 is 6.09 Å². The number of halogens is 1. The quantitative estimate of drug-likeness (QED) is 0.368. The summed E-state index contributed by atoms with van der Waals surface area (Å²) in [6, 6.07) is 14.1. The minimum Gasteiger partial charge on any atom is -0.453 e. The Bertz CT molecular complexity index is 1550. The fourth-order valence-corrected chi connectivity index (χ4v) is 10.6. The molecule has 7 rings (SSSR count). The lowest BCUT2D eigenvalue weighted by Crippen LogP contribution is -2.67. The first-order chi connectivity index (χ1) is 23.1. The molecule has 1 saturated carbocycles. The fraction of sp³-hybridized carbons (Fsp3) is 0.639. The third-order valence-electron chi connectivity index (χ3n) is 11.8. The third kappa shape index (κ3) is 6.46. The van der Waals surface area contributed by atoms with Crippen molar-refractivity contribution in [3.63, 3.8) is 0 Å². The van der Waals surface area contributed by atoms with Gasteiger partial charge in [-0.25, -0.2) is 17.6 Å². The highest BCUT2D eigenvalue weighted by molar-refractivity contribution is 7.92. The van der Waals surface area contributed by atoms with Gasteiger partial charge in [0, 0.05) is 43.3 Å². The molecule has 12 heteroatoms. The SMILES string of the molecule is COC(=O)N[C@H]1CCC[C@@H]1[C@](CN1CCC1)(c1cccc(F)c1)C1CCN(CC2(O)CN(c3ccc(S(=O)(=O)C4COC4)cc3)C2)CC1. The second kappa shape index (κ2) is 13.5. The predicted molar refractivity (Wildman–Crippen MR) is 180 cm³/mol. The Morgan fingerprint density at radius 2 is 1.75 bits per heavy atom. The van der Waals surface area contributed by atoms with Crippen LogP contribution in [0.1, 0.15) is 44.1 Å². The minimum atomic E-state index is -3.38. The van der Waals surface area contributed by atoms with Crippen LogP contribution >= 0.6 is 0 Å². The summed E-state index contributed by atoms with van der Waals surface area (Å²) >= 11 is 0. The molecule has 4 saturated heterocycles. The van der Waals surface area contributed by atoms with Crippen molar-refractivity contribution >= 4 is 21.6 Å². The molecule has 0 unspecified atom stereocenters. The van der Waals surface area contributed by atoms with Crippen LogP contribution in [0.2, 0.25) is 0 Å². The van der Waals surface area contributed by atoms with E-state index in [4.69, 9.17) is 9.47 Å². The number of benzene rings is 2. The maximum Gasteiger partial charge on any atom is 0.407 e. The van der Waals surface area contributed by atoms with E-state index in [1.54, 1.807) is 18.2 Å². The van der Waals surface area contributed by atoms with Crippen molar-refractivity contribution in [2.24, 2.45) is 11.8 Å². The number of methoxy groups -OCH3 is 1. The first-order valence-electron chi connectivity index (χ1n) is 17.5. The molecular formula is C36H49FN4O6S. The molecule has 5 fully saturated rings. The Morgan fingerprint density at radius 3 is 2.35 bits per heavy atom. The van der Waals surface area contributed by atoms with Gasteiger partial charge in [0.2, 0.25) is 0 Å². The number of likely N-dealkylation sites (tertiary alicyclic amines) is 2.